The molecule has 3 aromatic rings. The third-order valence-corrected chi connectivity index (χ3v) is 2.40. The number of benzene rings is 1. The first kappa shape index (κ1) is 8.84. The van der Waals surface area contributed by atoms with Crippen LogP contribution in [0.2, 0.25) is 0 Å². The van der Waals surface area contributed by atoms with Crippen LogP contribution in [-0.2, 0) is 0 Å². The van der Waals surface area contributed by atoms with Gasteiger partial charge in [0.15, 0.2) is 0 Å². The number of carbonyl (C=O) groups excluding carboxylic acids is 1. The Balaban J connectivity index is 2.09. The van der Waals surface area contributed by atoms with Crippen molar-refractivity contribution in [3.8, 4) is 0 Å². The maximum Gasteiger partial charge on any atom is 0.278 e. The first-order valence-corrected chi connectivity index (χ1v) is 4.82. The second-order valence-electron chi connectivity index (χ2n) is 3.43. The lowest BCUT2D eigenvalue weighted by molar-refractivity contribution is 0.0945. The van der Waals surface area contributed by atoms with Crippen molar-refractivity contribution >= 4 is 16.8 Å². The predicted octanol–water partition coefficient (Wildman–Crippen LogP) is 1.45. The molecule has 0 radical (unpaired) electrons. The van der Waals surface area contributed by atoms with E-state index >= 15 is 0 Å². The number of nitrogens with zero attached hydrogens (tertiary/aromatic N) is 3. The second kappa shape index (κ2) is 3.30. The third-order valence-electron chi connectivity index (χ3n) is 2.40. The van der Waals surface area contributed by atoms with Crippen molar-refractivity contribution < 1.29 is 4.79 Å². The third kappa shape index (κ3) is 1.30. The molecule has 0 aliphatic rings. The monoisotopic (exact) mass is 212 g/mol. The Morgan fingerprint density at radius 1 is 1.38 bits per heavy atom. The number of carbonyl (C=O) groups is 1. The Morgan fingerprint density at radius 2 is 2.31 bits per heavy atom. The number of aromatic amines is 1. The lowest BCUT2D eigenvalue weighted by atomic mass is 10.1. The number of rotatable bonds is 1. The molecule has 1 aromatic carbocycles. The molecule has 0 spiro atoms. The highest BCUT2D eigenvalue weighted by atomic mass is 16.2. The molecule has 0 aliphatic heterocycles. The van der Waals surface area contributed by atoms with Crippen LogP contribution < -0.4 is 0 Å². The summed E-state index contributed by atoms with van der Waals surface area (Å²) in [5.41, 5.74) is 1.51. The number of hydrogen-bond acceptors (Lipinski definition) is 3. The fraction of sp³-hybridized carbons (Fsp3) is 0. The van der Waals surface area contributed by atoms with Gasteiger partial charge in [-0.3, -0.25) is 9.89 Å². The van der Waals surface area contributed by atoms with E-state index < -0.39 is 0 Å². The molecule has 3 rings (SSSR count). The van der Waals surface area contributed by atoms with Gasteiger partial charge in [-0.15, -0.1) is 0 Å². The molecule has 0 aliphatic carbocycles. The van der Waals surface area contributed by atoms with E-state index in [1.165, 1.54) is 4.68 Å². The zero-order chi connectivity index (χ0) is 11.0. The zero-order valence-electron chi connectivity index (χ0n) is 8.29. The van der Waals surface area contributed by atoms with Crippen LogP contribution in [0.4, 0.5) is 0 Å². The molecule has 2 heterocycles. The summed E-state index contributed by atoms with van der Waals surface area (Å²) in [6.07, 6.45) is 4.89. The number of nitrogens with one attached hydrogen (secondary N) is 1. The highest BCUT2D eigenvalue weighted by molar-refractivity contribution is 5.98. The molecule has 5 nitrogen and oxygen atoms in total. The van der Waals surface area contributed by atoms with Crippen LogP contribution in [0, 0.1) is 0 Å². The van der Waals surface area contributed by atoms with E-state index in [2.05, 4.69) is 15.3 Å². The molecule has 0 bridgehead atoms. The van der Waals surface area contributed by atoms with Gasteiger partial charge in [0.1, 0.15) is 0 Å². The average molecular weight is 212 g/mol. The van der Waals surface area contributed by atoms with Crippen LogP contribution in [0.3, 0.4) is 0 Å². The van der Waals surface area contributed by atoms with Crippen LogP contribution in [0.5, 0.6) is 0 Å². The standard InChI is InChI=1S/C11H8N4O/c16-11(15-5-1-4-13-15)8-2-3-10-9(6-8)7-12-14-10/h1-7H,(H,12,14). The summed E-state index contributed by atoms with van der Waals surface area (Å²) >= 11 is 0. The van der Waals surface area contributed by atoms with Crippen LogP contribution in [0.1, 0.15) is 10.4 Å². The molecule has 16 heavy (non-hydrogen) atoms. The first-order valence-electron chi connectivity index (χ1n) is 4.82. The van der Waals surface area contributed by atoms with Gasteiger partial charge in [-0.1, -0.05) is 0 Å². The summed E-state index contributed by atoms with van der Waals surface area (Å²) in [5.74, 6) is -0.145. The second-order valence-corrected chi connectivity index (χ2v) is 3.43. The minimum Gasteiger partial charge on any atom is -0.278 e. The summed E-state index contributed by atoms with van der Waals surface area (Å²) in [5, 5.41) is 11.6. The molecule has 0 amide bonds. The Morgan fingerprint density at radius 3 is 3.12 bits per heavy atom. The van der Waals surface area contributed by atoms with Crippen molar-refractivity contribution in [1.82, 2.24) is 20.0 Å². The molecular weight excluding hydrogens is 204 g/mol. The molecule has 0 fully saturated rings. The molecule has 2 aromatic heterocycles. The van der Waals surface area contributed by atoms with Crippen LogP contribution >= 0.6 is 0 Å². The molecule has 0 saturated carbocycles. The molecule has 0 atom stereocenters. The van der Waals surface area contributed by atoms with Gasteiger partial charge in [0.2, 0.25) is 0 Å². The van der Waals surface area contributed by atoms with Gasteiger partial charge in [0.05, 0.1) is 11.7 Å². The van der Waals surface area contributed by atoms with E-state index in [4.69, 9.17) is 0 Å². The average Bonchev–Trinajstić information content (AvgIpc) is 2.98. The maximum absolute atomic E-state index is 11.9. The zero-order valence-corrected chi connectivity index (χ0v) is 8.29. The minimum absolute atomic E-state index is 0.145. The topological polar surface area (TPSA) is 63.6 Å². The van der Waals surface area contributed by atoms with E-state index in [9.17, 15) is 4.79 Å². The van der Waals surface area contributed by atoms with Crippen molar-refractivity contribution in [2.24, 2.45) is 0 Å². The summed E-state index contributed by atoms with van der Waals surface area (Å²) in [6, 6.07) is 7.10. The fourth-order valence-corrected chi connectivity index (χ4v) is 1.60. The first-order chi connectivity index (χ1) is 7.84. The Labute approximate surface area is 90.7 Å². The normalized spacial score (nSPS) is 10.8. The van der Waals surface area contributed by atoms with E-state index in [0.29, 0.717) is 5.56 Å². The highest BCUT2D eigenvalue weighted by Crippen LogP contribution is 2.13. The van der Waals surface area contributed by atoms with Crippen molar-refractivity contribution in [3.05, 3.63) is 48.4 Å². The van der Waals surface area contributed by atoms with Gasteiger partial charge >= 0.3 is 0 Å². The van der Waals surface area contributed by atoms with E-state index in [-0.39, 0.29) is 5.91 Å². The fourth-order valence-electron chi connectivity index (χ4n) is 1.60. The highest BCUT2D eigenvalue weighted by Gasteiger charge is 2.09. The van der Waals surface area contributed by atoms with Gasteiger partial charge in [0.25, 0.3) is 5.91 Å². The van der Waals surface area contributed by atoms with Gasteiger partial charge in [-0.05, 0) is 24.3 Å². The summed E-state index contributed by atoms with van der Waals surface area (Å²) in [7, 11) is 0. The molecular formula is C11H8N4O. The molecule has 5 heteroatoms. The smallest absolute Gasteiger partial charge is 0.278 e. The largest absolute Gasteiger partial charge is 0.278 e. The van der Waals surface area contributed by atoms with Gasteiger partial charge < -0.3 is 0 Å². The van der Waals surface area contributed by atoms with Crippen molar-refractivity contribution in [1.29, 1.82) is 0 Å². The van der Waals surface area contributed by atoms with Crippen molar-refractivity contribution in [2.45, 2.75) is 0 Å². The van der Waals surface area contributed by atoms with Crippen molar-refractivity contribution in [2.75, 3.05) is 0 Å². The molecule has 1 N–H and O–H groups in total. The lowest BCUT2D eigenvalue weighted by Gasteiger charge is -2.00. The lowest BCUT2D eigenvalue weighted by Crippen LogP contribution is -2.11. The SMILES string of the molecule is O=C(c1ccc2[nH]ncc2c1)n1cccn1. The summed E-state index contributed by atoms with van der Waals surface area (Å²) in [4.78, 5) is 11.9. The summed E-state index contributed by atoms with van der Waals surface area (Å²) < 4.78 is 1.31. The van der Waals surface area contributed by atoms with Crippen LogP contribution in [0.15, 0.2) is 42.9 Å². The van der Waals surface area contributed by atoms with Crippen LogP contribution in [0.25, 0.3) is 10.9 Å². The Hall–Kier alpha value is -2.43. The molecule has 78 valence electrons. The van der Waals surface area contributed by atoms with E-state index in [1.54, 1.807) is 36.8 Å². The van der Waals surface area contributed by atoms with Crippen LogP contribution in [-0.4, -0.2) is 25.9 Å². The van der Waals surface area contributed by atoms with Gasteiger partial charge in [-0.2, -0.15) is 10.2 Å². The number of hydrogen-bond donors (Lipinski definition) is 1. The Bertz CT molecular complexity index is 639. The molecule has 0 saturated heterocycles. The quantitative estimate of drug-likeness (QED) is 0.664. The minimum atomic E-state index is -0.145. The van der Waals surface area contributed by atoms with E-state index in [0.717, 1.165) is 10.9 Å². The predicted molar refractivity (Wildman–Crippen MR) is 58.0 cm³/mol. The van der Waals surface area contributed by atoms with Gasteiger partial charge in [-0.25, -0.2) is 4.68 Å². The maximum atomic E-state index is 11.9. The van der Waals surface area contributed by atoms with Gasteiger partial charge in [0, 0.05) is 23.3 Å². The molecule has 0 unspecified atom stereocenters. The van der Waals surface area contributed by atoms with Crippen molar-refractivity contribution in [3.63, 3.8) is 0 Å². The summed E-state index contributed by atoms with van der Waals surface area (Å²) in [6.45, 7) is 0. The number of fused-ring (bicyclic) bond motifs is 1. The Kier molecular flexibility index (Phi) is 1.83. The number of H-pyrrole nitrogens is 1. The van der Waals surface area contributed by atoms with E-state index in [1.807, 2.05) is 6.07 Å². The number of aromatic nitrogens is 4.